The van der Waals surface area contributed by atoms with E-state index in [1.165, 1.54) is 4.90 Å². The van der Waals surface area contributed by atoms with Crippen LogP contribution in [0.2, 0.25) is 0 Å². The van der Waals surface area contributed by atoms with Crippen molar-refractivity contribution in [3.63, 3.8) is 0 Å². The van der Waals surface area contributed by atoms with Gasteiger partial charge in [-0.25, -0.2) is 0 Å². The molecule has 0 aromatic heterocycles. The Morgan fingerprint density at radius 1 is 1.40 bits per heavy atom. The summed E-state index contributed by atoms with van der Waals surface area (Å²) in [6.07, 6.45) is -0.323. The van der Waals surface area contributed by atoms with Crippen LogP contribution in [0.4, 0.5) is 11.4 Å². The topological polar surface area (TPSA) is 95.9 Å². The molecule has 1 aromatic carbocycles. The van der Waals surface area contributed by atoms with Gasteiger partial charge in [-0.1, -0.05) is 0 Å². The Morgan fingerprint density at radius 2 is 2.15 bits per heavy atom. The highest BCUT2D eigenvalue weighted by atomic mass is 16.5. The summed E-state index contributed by atoms with van der Waals surface area (Å²) < 4.78 is 5.26. The molecule has 1 aliphatic rings. The Balaban J connectivity index is 2.09. The van der Waals surface area contributed by atoms with Crippen molar-refractivity contribution in [1.29, 1.82) is 0 Å². The van der Waals surface area contributed by atoms with Crippen LogP contribution in [-0.2, 0) is 14.4 Å². The zero-order valence-corrected chi connectivity index (χ0v) is 10.9. The van der Waals surface area contributed by atoms with Crippen molar-refractivity contribution in [1.82, 2.24) is 0 Å². The molecule has 1 aromatic rings. The molecular weight excluding hydrogens is 264 g/mol. The summed E-state index contributed by atoms with van der Waals surface area (Å²) in [5, 5.41) is 11.1. The van der Waals surface area contributed by atoms with Crippen molar-refractivity contribution in [2.75, 3.05) is 23.9 Å². The van der Waals surface area contributed by atoms with Crippen LogP contribution in [0, 0.1) is 0 Å². The van der Waals surface area contributed by atoms with E-state index < -0.39 is 11.9 Å². The number of likely N-dealkylation sites (N-methyl/N-ethyl adjacent to an activating group) is 1. The Kier molecular flexibility index (Phi) is 3.88. The van der Waals surface area contributed by atoms with Crippen LogP contribution in [0.5, 0.6) is 5.75 Å². The van der Waals surface area contributed by atoms with Crippen LogP contribution in [0.15, 0.2) is 18.2 Å². The third-order valence-electron chi connectivity index (χ3n) is 2.90. The Labute approximate surface area is 115 Å². The van der Waals surface area contributed by atoms with Crippen LogP contribution in [-0.4, -0.2) is 36.5 Å². The summed E-state index contributed by atoms with van der Waals surface area (Å²) in [5.41, 5.74) is 1.06. The highest BCUT2D eigenvalue weighted by molar-refractivity contribution is 5.99. The molecule has 106 valence electrons. The third-order valence-corrected chi connectivity index (χ3v) is 2.90. The van der Waals surface area contributed by atoms with Gasteiger partial charge in [0.1, 0.15) is 5.75 Å². The minimum atomic E-state index is -1.02. The van der Waals surface area contributed by atoms with E-state index in [2.05, 4.69) is 5.32 Å². The summed E-state index contributed by atoms with van der Waals surface area (Å²) in [4.78, 5) is 34.9. The molecule has 0 aliphatic carbocycles. The van der Waals surface area contributed by atoms with Gasteiger partial charge in [-0.2, -0.15) is 0 Å². The molecule has 0 fully saturated rings. The standard InChI is InChI=1S/C13H14N2O5/c1-15-9-6-8(14-11(16)4-5-13(18)19)2-3-10(9)20-7-12(15)17/h2-3,6H,4-5,7H2,1H3,(H,14,16)(H,18,19). The Hall–Kier alpha value is -2.57. The molecule has 0 spiro atoms. The first-order chi connectivity index (χ1) is 9.47. The van der Waals surface area contributed by atoms with Gasteiger partial charge in [0, 0.05) is 19.2 Å². The van der Waals surface area contributed by atoms with Crippen molar-refractivity contribution in [2.24, 2.45) is 0 Å². The average molecular weight is 278 g/mol. The fourth-order valence-corrected chi connectivity index (χ4v) is 1.79. The van der Waals surface area contributed by atoms with Crippen LogP contribution in [0.25, 0.3) is 0 Å². The number of ether oxygens (including phenoxy) is 1. The lowest BCUT2D eigenvalue weighted by Gasteiger charge is -2.26. The number of anilines is 2. The number of nitrogens with zero attached hydrogens (tertiary/aromatic N) is 1. The number of rotatable bonds is 4. The maximum absolute atomic E-state index is 11.5. The van der Waals surface area contributed by atoms with E-state index in [0.717, 1.165) is 0 Å². The predicted molar refractivity (Wildman–Crippen MR) is 70.8 cm³/mol. The summed E-state index contributed by atoms with van der Waals surface area (Å²) in [7, 11) is 1.62. The smallest absolute Gasteiger partial charge is 0.303 e. The summed E-state index contributed by atoms with van der Waals surface area (Å²) in [6.45, 7) is -0.00613. The van der Waals surface area contributed by atoms with E-state index in [1.54, 1.807) is 25.2 Å². The molecule has 20 heavy (non-hydrogen) atoms. The van der Waals surface area contributed by atoms with Crippen molar-refractivity contribution in [3.8, 4) is 5.75 Å². The molecule has 2 rings (SSSR count). The van der Waals surface area contributed by atoms with E-state index in [0.29, 0.717) is 17.1 Å². The van der Waals surface area contributed by atoms with Gasteiger partial charge in [0.15, 0.2) is 6.61 Å². The van der Waals surface area contributed by atoms with Gasteiger partial charge in [-0.3, -0.25) is 14.4 Å². The first-order valence-corrected chi connectivity index (χ1v) is 6.02. The highest BCUT2D eigenvalue weighted by Crippen LogP contribution is 2.33. The number of amides is 2. The Bertz CT molecular complexity index is 570. The Morgan fingerprint density at radius 3 is 2.85 bits per heavy atom. The number of carboxylic acids is 1. The van der Waals surface area contributed by atoms with Crippen molar-refractivity contribution in [3.05, 3.63) is 18.2 Å². The molecule has 0 bridgehead atoms. The van der Waals surface area contributed by atoms with E-state index in [9.17, 15) is 14.4 Å². The van der Waals surface area contributed by atoms with Gasteiger partial charge in [0.05, 0.1) is 12.1 Å². The molecule has 1 aliphatic heterocycles. The normalized spacial score (nSPS) is 13.4. The number of hydrogen-bond acceptors (Lipinski definition) is 4. The lowest BCUT2D eigenvalue weighted by molar-refractivity contribution is -0.138. The maximum Gasteiger partial charge on any atom is 0.303 e. The molecule has 0 unspecified atom stereocenters. The second kappa shape index (κ2) is 5.60. The van der Waals surface area contributed by atoms with Gasteiger partial charge in [-0.15, -0.1) is 0 Å². The molecule has 7 heteroatoms. The number of aliphatic carboxylic acids is 1. The van der Waals surface area contributed by atoms with E-state index >= 15 is 0 Å². The summed E-state index contributed by atoms with van der Waals surface area (Å²) in [5.74, 6) is -1.02. The lowest BCUT2D eigenvalue weighted by Crippen LogP contribution is -2.35. The average Bonchev–Trinajstić information content (AvgIpc) is 2.41. The first kappa shape index (κ1) is 13.9. The first-order valence-electron chi connectivity index (χ1n) is 6.02. The number of carbonyl (C=O) groups is 3. The minimum Gasteiger partial charge on any atom is -0.482 e. The number of carboxylic acid groups (broad SMARTS) is 1. The SMILES string of the molecule is CN1C(=O)COc2ccc(NC(=O)CCC(=O)O)cc21. The number of fused-ring (bicyclic) bond motifs is 1. The zero-order valence-electron chi connectivity index (χ0n) is 10.9. The molecule has 0 saturated heterocycles. The van der Waals surface area contributed by atoms with Gasteiger partial charge in [0.2, 0.25) is 5.91 Å². The zero-order chi connectivity index (χ0) is 14.7. The minimum absolute atomic E-state index is 0.00613. The maximum atomic E-state index is 11.5. The molecule has 1 heterocycles. The van der Waals surface area contributed by atoms with Crippen LogP contribution >= 0.6 is 0 Å². The van der Waals surface area contributed by atoms with Gasteiger partial charge in [-0.05, 0) is 18.2 Å². The van der Waals surface area contributed by atoms with Gasteiger partial charge in [0.25, 0.3) is 5.91 Å². The number of nitrogens with one attached hydrogen (secondary N) is 1. The lowest BCUT2D eigenvalue weighted by atomic mass is 10.2. The van der Waals surface area contributed by atoms with Gasteiger partial charge < -0.3 is 20.1 Å². The molecule has 0 saturated carbocycles. The predicted octanol–water partition coefficient (Wildman–Crippen LogP) is 0.845. The molecule has 2 N–H and O–H groups in total. The molecule has 0 atom stereocenters. The van der Waals surface area contributed by atoms with E-state index in [1.807, 2.05) is 0 Å². The monoisotopic (exact) mass is 278 g/mol. The molecule has 2 amide bonds. The number of hydrogen-bond donors (Lipinski definition) is 2. The molecular formula is C13H14N2O5. The van der Waals surface area contributed by atoms with Crippen LogP contribution in [0.1, 0.15) is 12.8 Å². The van der Waals surface area contributed by atoms with Crippen LogP contribution < -0.4 is 15.0 Å². The highest BCUT2D eigenvalue weighted by Gasteiger charge is 2.22. The summed E-state index contributed by atoms with van der Waals surface area (Å²) >= 11 is 0. The molecule has 7 nitrogen and oxygen atoms in total. The largest absolute Gasteiger partial charge is 0.482 e. The van der Waals surface area contributed by atoms with Crippen molar-refractivity contribution < 1.29 is 24.2 Å². The van der Waals surface area contributed by atoms with Crippen LogP contribution in [0.3, 0.4) is 0 Å². The fraction of sp³-hybridized carbons (Fsp3) is 0.308. The second-order valence-electron chi connectivity index (χ2n) is 4.37. The quantitative estimate of drug-likeness (QED) is 0.851. The number of carbonyl (C=O) groups excluding carboxylic acids is 2. The van der Waals surface area contributed by atoms with E-state index in [-0.39, 0.29) is 25.4 Å². The van der Waals surface area contributed by atoms with Gasteiger partial charge >= 0.3 is 5.97 Å². The molecule has 0 radical (unpaired) electrons. The summed E-state index contributed by atoms with van der Waals surface area (Å²) in [6, 6.07) is 4.91. The van der Waals surface area contributed by atoms with Crippen molar-refractivity contribution >= 4 is 29.2 Å². The van der Waals surface area contributed by atoms with E-state index in [4.69, 9.17) is 9.84 Å². The van der Waals surface area contributed by atoms with Crippen molar-refractivity contribution in [2.45, 2.75) is 12.8 Å². The number of benzene rings is 1. The third kappa shape index (κ3) is 3.05. The second-order valence-corrected chi connectivity index (χ2v) is 4.37. The fourth-order valence-electron chi connectivity index (χ4n) is 1.79.